The van der Waals surface area contributed by atoms with Crippen LogP contribution in [-0.4, -0.2) is 48.4 Å². The van der Waals surface area contributed by atoms with Crippen molar-refractivity contribution in [3.8, 4) is 0 Å². The Morgan fingerprint density at radius 2 is 2.11 bits per heavy atom. The molecule has 7 heteroatoms. The van der Waals surface area contributed by atoms with E-state index in [4.69, 9.17) is 14.0 Å². The molecular formula is C11H20O6S. The largest absolute Gasteiger partial charge is 0.391 e. The topological polar surface area (TPSA) is 93.1 Å². The van der Waals surface area contributed by atoms with Gasteiger partial charge >= 0.3 is 0 Å². The predicted molar refractivity (Wildman–Crippen MR) is 63.7 cm³/mol. The van der Waals surface area contributed by atoms with Gasteiger partial charge in [-0.3, -0.25) is 4.55 Å². The third-order valence-electron chi connectivity index (χ3n) is 3.57. The summed E-state index contributed by atoms with van der Waals surface area (Å²) in [5, 5.41) is 9.76. The molecule has 1 saturated carbocycles. The molecule has 18 heavy (non-hydrogen) atoms. The second-order valence-corrected chi connectivity index (χ2v) is 6.96. The molecule has 0 radical (unpaired) electrons. The Morgan fingerprint density at radius 3 is 2.61 bits per heavy atom. The molecule has 2 rings (SSSR count). The molecule has 1 heterocycles. The first-order valence-corrected chi connectivity index (χ1v) is 7.75. The zero-order chi connectivity index (χ0) is 13.2. The minimum absolute atomic E-state index is 0.0263. The first-order chi connectivity index (χ1) is 8.43. The average Bonchev–Trinajstić information content (AvgIpc) is 3.08. The second kappa shape index (κ2) is 5.42. The van der Waals surface area contributed by atoms with Gasteiger partial charge in [-0.05, 0) is 38.5 Å². The van der Waals surface area contributed by atoms with Crippen molar-refractivity contribution in [2.75, 3.05) is 13.2 Å². The van der Waals surface area contributed by atoms with E-state index in [1.54, 1.807) is 0 Å². The number of ether oxygens (including phenoxy) is 2. The minimum atomic E-state index is -4.08. The van der Waals surface area contributed by atoms with Gasteiger partial charge in [0.25, 0.3) is 10.1 Å². The van der Waals surface area contributed by atoms with Gasteiger partial charge in [0.05, 0.1) is 12.7 Å². The summed E-state index contributed by atoms with van der Waals surface area (Å²) >= 11 is 0. The minimum Gasteiger partial charge on any atom is -0.391 e. The Kier molecular flexibility index (Phi) is 4.28. The lowest BCUT2D eigenvalue weighted by Gasteiger charge is -2.24. The van der Waals surface area contributed by atoms with Crippen LogP contribution in [0.25, 0.3) is 0 Å². The molecule has 0 spiro atoms. The van der Waals surface area contributed by atoms with Gasteiger partial charge < -0.3 is 14.6 Å². The monoisotopic (exact) mass is 280 g/mol. The normalized spacial score (nSPS) is 28.9. The van der Waals surface area contributed by atoms with E-state index < -0.39 is 21.0 Å². The first-order valence-electron chi connectivity index (χ1n) is 6.31. The fourth-order valence-corrected chi connectivity index (χ4v) is 3.28. The standard InChI is InChI=1S/C11H20O6S/c12-9(7-11(4-5-11)18(13,14)15)8-17-10-3-1-2-6-16-10/h9-10,12H,1-8H2,(H,13,14,15). The number of aliphatic hydroxyl groups excluding tert-OH is 1. The van der Waals surface area contributed by atoms with Gasteiger partial charge in [-0.2, -0.15) is 8.42 Å². The summed E-state index contributed by atoms with van der Waals surface area (Å²) in [4.78, 5) is 0. The molecule has 0 aromatic heterocycles. The van der Waals surface area contributed by atoms with Gasteiger partial charge in [0.15, 0.2) is 6.29 Å². The highest BCUT2D eigenvalue weighted by atomic mass is 32.2. The highest BCUT2D eigenvalue weighted by Gasteiger charge is 2.54. The molecule has 2 unspecified atom stereocenters. The maximum atomic E-state index is 11.1. The Hall–Kier alpha value is -0.210. The van der Waals surface area contributed by atoms with Crippen molar-refractivity contribution >= 4 is 10.1 Å². The Morgan fingerprint density at radius 1 is 1.39 bits per heavy atom. The van der Waals surface area contributed by atoms with Crippen LogP contribution in [0.15, 0.2) is 0 Å². The summed E-state index contributed by atoms with van der Waals surface area (Å²) in [5.41, 5.74) is 0. The molecule has 0 amide bonds. The maximum Gasteiger partial charge on any atom is 0.270 e. The summed E-state index contributed by atoms with van der Waals surface area (Å²) in [5.74, 6) is 0. The zero-order valence-electron chi connectivity index (χ0n) is 10.2. The summed E-state index contributed by atoms with van der Waals surface area (Å²) < 4.78 is 40.9. The van der Waals surface area contributed by atoms with Crippen LogP contribution in [0.4, 0.5) is 0 Å². The second-order valence-electron chi connectivity index (χ2n) is 5.15. The SMILES string of the molecule is O=S(=O)(O)C1(CC(O)COC2CCCCO2)CC1. The molecular weight excluding hydrogens is 260 g/mol. The molecule has 2 aliphatic rings. The number of hydrogen-bond acceptors (Lipinski definition) is 5. The van der Waals surface area contributed by atoms with Crippen molar-refractivity contribution < 1.29 is 27.6 Å². The van der Waals surface area contributed by atoms with Gasteiger partial charge in [-0.15, -0.1) is 0 Å². The van der Waals surface area contributed by atoms with Crippen LogP contribution in [-0.2, 0) is 19.6 Å². The zero-order valence-corrected chi connectivity index (χ0v) is 11.1. The molecule has 0 aromatic rings. The van der Waals surface area contributed by atoms with Crippen molar-refractivity contribution in [2.24, 2.45) is 0 Å². The summed E-state index contributed by atoms with van der Waals surface area (Å²) in [6, 6.07) is 0. The molecule has 1 aliphatic carbocycles. The molecule has 1 aliphatic heterocycles. The molecule has 2 atom stereocenters. The van der Waals surface area contributed by atoms with Crippen LogP contribution in [0.1, 0.15) is 38.5 Å². The number of rotatable bonds is 6. The van der Waals surface area contributed by atoms with Gasteiger partial charge in [-0.25, -0.2) is 0 Å². The predicted octanol–water partition coefficient (Wildman–Crippen LogP) is 0.701. The molecule has 106 valence electrons. The van der Waals surface area contributed by atoms with Crippen molar-refractivity contribution in [3.05, 3.63) is 0 Å². The van der Waals surface area contributed by atoms with Crippen molar-refractivity contribution in [3.63, 3.8) is 0 Å². The van der Waals surface area contributed by atoms with E-state index in [1.807, 2.05) is 0 Å². The van der Waals surface area contributed by atoms with Crippen molar-refractivity contribution in [2.45, 2.75) is 55.7 Å². The highest BCUT2D eigenvalue weighted by molar-refractivity contribution is 7.87. The number of aliphatic hydroxyl groups is 1. The van der Waals surface area contributed by atoms with Gasteiger partial charge in [-0.1, -0.05) is 0 Å². The van der Waals surface area contributed by atoms with Crippen molar-refractivity contribution in [1.82, 2.24) is 0 Å². The molecule has 1 saturated heterocycles. The lowest BCUT2D eigenvalue weighted by Crippen LogP contribution is -2.32. The van der Waals surface area contributed by atoms with Crippen LogP contribution in [0, 0.1) is 0 Å². The third-order valence-corrected chi connectivity index (χ3v) is 5.24. The Bertz CT molecular complexity index is 369. The van der Waals surface area contributed by atoms with E-state index in [2.05, 4.69) is 0 Å². The van der Waals surface area contributed by atoms with E-state index >= 15 is 0 Å². The van der Waals surface area contributed by atoms with Crippen LogP contribution in [0.2, 0.25) is 0 Å². The van der Waals surface area contributed by atoms with Crippen LogP contribution in [0.3, 0.4) is 0 Å². The van der Waals surface area contributed by atoms with Gasteiger partial charge in [0.1, 0.15) is 4.75 Å². The summed E-state index contributed by atoms with van der Waals surface area (Å²) in [6.07, 6.45) is 2.51. The van der Waals surface area contributed by atoms with Crippen LogP contribution < -0.4 is 0 Å². The first kappa shape index (κ1) is 14.2. The molecule has 6 nitrogen and oxygen atoms in total. The quantitative estimate of drug-likeness (QED) is 0.696. The van der Waals surface area contributed by atoms with E-state index in [0.29, 0.717) is 19.4 Å². The fraction of sp³-hybridized carbons (Fsp3) is 1.00. The smallest absolute Gasteiger partial charge is 0.270 e. The van der Waals surface area contributed by atoms with Crippen LogP contribution in [0.5, 0.6) is 0 Å². The maximum absolute atomic E-state index is 11.1. The van der Waals surface area contributed by atoms with E-state index in [1.165, 1.54) is 0 Å². The van der Waals surface area contributed by atoms with Crippen molar-refractivity contribution in [1.29, 1.82) is 0 Å². The lowest BCUT2D eigenvalue weighted by molar-refractivity contribution is -0.175. The fourth-order valence-electron chi connectivity index (χ4n) is 2.26. The third kappa shape index (κ3) is 3.42. The number of hydrogen-bond donors (Lipinski definition) is 2. The molecule has 0 bridgehead atoms. The molecule has 2 fully saturated rings. The molecule has 2 N–H and O–H groups in total. The average molecular weight is 280 g/mol. The Balaban J connectivity index is 1.74. The van der Waals surface area contributed by atoms with E-state index in [0.717, 1.165) is 19.3 Å². The van der Waals surface area contributed by atoms with E-state index in [9.17, 15) is 13.5 Å². The van der Waals surface area contributed by atoms with Crippen LogP contribution >= 0.6 is 0 Å². The van der Waals surface area contributed by atoms with Gasteiger partial charge in [0.2, 0.25) is 0 Å². The Labute approximate surface area is 107 Å². The lowest BCUT2D eigenvalue weighted by atomic mass is 10.2. The molecule has 0 aromatic carbocycles. The van der Waals surface area contributed by atoms with E-state index in [-0.39, 0.29) is 19.3 Å². The van der Waals surface area contributed by atoms with Gasteiger partial charge in [0, 0.05) is 6.61 Å². The summed E-state index contributed by atoms with van der Waals surface area (Å²) in [7, 11) is -4.08. The summed E-state index contributed by atoms with van der Waals surface area (Å²) in [6.45, 7) is 0.706. The highest BCUT2D eigenvalue weighted by Crippen LogP contribution is 2.46.